The van der Waals surface area contributed by atoms with E-state index in [0.717, 1.165) is 5.69 Å². The summed E-state index contributed by atoms with van der Waals surface area (Å²) in [5.41, 5.74) is 1.07. The lowest BCUT2D eigenvalue weighted by molar-refractivity contribution is -0.129. The van der Waals surface area contributed by atoms with Gasteiger partial charge in [0.1, 0.15) is 11.5 Å². The molecule has 1 fully saturated rings. The zero-order valence-electron chi connectivity index (χ0n) is 11.0. The number of para-hydroxylation sites is 1. The van der Waals surface area contributed by atoms with Gasteiger partial charge in [-0.25, -0.2) is 0 Å². The number of nitrogens with one attached hydrogen (secondary N) is 2. The Morgan fingerprint density at radius 1 is 1.25 bits per heavy atom. The Kier molecular flexibility index (Phi) is 3.30. The number of hydrogen-bond donors (Lipinski definition) is 2. The van der Waals surface area contributed by atoms with Gasteiger partial charge in [0, 0.05) is 31.6 Å². The van der Waals surface area contributed by atoms with Crippen LogP contribution in [-0.2, 0) is 4.79 Å². The van der Waals surface area contributed by atoms with E-state index in [2.05, 4.69) is 10.6 Å². The average molecular weight is 294 g/mol. The second kappa shape index (κ2) is 4.98. The van der Waals surface area contributed by atoms with Crippen molar-refractivity contribution in [3.8, 4) is 0 Å². The molecule has 2 heterocycles. The molecule has 1 aromatic carbocycles. The molecule has 0 aromatic heterocycles. The van der Waals surface area contributed by atoms with Gasteiger partial charge in [-0.1, -0.05) is 12.1 Å². The number of carbonyl (C=O) groups is 2. The van der Waals surface area contributed by atoms with Crippen LogP contribution < -0.4 is 10.6 Å². The monoisotopic (exact) mass is 293 g/mol. The molecule has 1 aromatic rings. The first-order valence-electron chi connectivity index (χ1n) is 6.67. The molecule has 5 nitrogen and oxygen atoms in total. The SMILES string of the molecule is O=C1NC2(CCN(C(=O)CCl)CC2)Nc2ccccc21. The first-order valence-corrected chi connectivity index (χ1v) is 7.20. The van der Waals surface area contributed by atoms with Crippen LogP contribution in [0.25, 0.3) is 0 Å². The summed E-state index contributed by atoms with van der Waals surface area (Å²) in [5, 5.41) is 6.46. The molecule has 6 heteroatoms. The van der Waals surface area contributed by atoms with E-state index in [1.54, 1.807) is 11.0 Å². The second-order valence-corrected chi connectivity index (χ2v) is 5.49. The number of halogens is 1. The van der Waals surface area contributed by atoms with E-state index < -0.39 is 5.66 Å². The van der Waals surface area contributed by atoms with Crippen molar-refractivity contribution < 1.29 is 9.59 Å². The molecule has 2 aliphatic rings. The van der Waals surface area contributed by atoms with Crippen LogP contribution in [0.3, 0.4) is 0 Å². The molecule has 2 aliphatic heterocycles. The lowest BCUT2D eigenvalue weighted by atomic mass is 9.92. The molecule has 3 rings (SSSR count). The third-order valence-corrected chi connectivity index (χ3v) is 4.21. The normalized spacial score (nSPS) is 20.1. The van der Waals surface area contributed by atoms with Crippen molar-refractivity contribution in [3.05, 3.63) is 29.8 Å². The summed E-state index contributed by atoms with van der Waals surface area (Å²) in [4.78, 5) is 25.5. The Hall–Kier alpha value is -1.75. The Morgan fingerprint density at radius 3 is 2.65 bits per heavy atom. The zero-order valence-corrected chi connectivity index (χ0v) is 11.7. The highest BCUT2D eigenvalue weighted by molar-refractivity contribution is 6.27. The fraction of sp³-hybridized carbons (Fsp3) is 0.429. The van der Waals surface area contributed by atoms with Crippen LogP contribution in [0.4, 0.5) is 5.69 Å². The lowest BCUT2D eigenvalue weighted by Crippen LogP contribution is -2.62. The number of carbonyl (C=O) groups excluding carboxylic acids is 2. The van der Waals surface area contributed by atoms with Crippen molar-refractivity contribution in [1.29, 1.82) is 0 Å². The van der Waals surface area contributed by atoms with Crippen molar-refractivity contribution in [3.63, 3.8) is 0 Å². The first-order chi connectivity index (χ1) is 9.63. The molecular formula is C14H16ClN3O2. The average Bonchev–Trinajstić information content (AvgIpc) is 2.47. The highest BCUT2D eigenvalue weighted by Gasteiger charge is 2.40. The number of nitrogens with zero attached hydrogens (tertiary/aromatic N) is 1. The predicted molar refractivity (Wildman–Crippen MR) is 76.8 cm³/mol. The number of fused-ring (bicyclic) bond motifs is 1. The highest BCUT2D eigenvalue weighted by atomic mass is 35.5. The van der Waals surface area contributed by atoms with E-state index in [0.29, 0.717) is 31.5 Å². The van der Waals surface area contributed by atoms with Gasteiger partial charge in [-0.3, -0.25) is 9.59 Å². The maximum absolute atomic E-state index is 12.2. The smallest absolute Gasteiger partial charge is 0.255 e. The van der Waals surface area contributed by atoms with Crippen molar-refractivity contribution in [1.82, 2.24) is 10.2 Å². The van der Waals surface area contributed by atoms with E-state index in [1.807, 2.05) is 18.2 Å². The maximum Gasteiger partial charge on any atom is 0.255 e. The summed E-state index contributed by atoms with van der Waals surface area (Å²) in [6.45, 7) is 1.20. The maximum atomic E-state index is 12.2. The number of hydrogen-bond acceptors (Lipinski definition) is 3. The largest absolute Gasteiger partial charge is 0.362 e. The molecule has 0 unspecified atom stereocenters. The molecule has 20 heavy (non-hydrogen) atoms. The number of alkyl halides is 1. The van der Waals surface area contributed by atoms with Crippen LogP contribution in [0.15, 0.2) is 24.3 Å². The van der Waals surface area contributed by atoms with E-state index in [1.165, 1.54) is 0 Å². The topological polar surface area (TPSA) is 61.4 Å². The molecule has 0 bridgehead atoms. The standard InChI is InChI=1S/C14H16ClN3O2/c15-9-12(19)18-7-5-14(6-8-18)16-11-4-2-1-3-10(11)13(20)17-14/h1-4,16H,5-9H2,(H,17,20). The summed E-state index contributed by atoms with van der Waals surface area (Å²) >= 11 is 5.58. The van der Waals surface area contributed by atoms with E-state index in [9.17, 15) is 9.59 Å². The fourth-order valence-electron chi connectivity index (χ4n) is 2.84. The minimum absolute atomic E-state index is 0.00954. The Bertz CT molecular complexity index is 553. The Labute approximate surface area is 122 Å². The molecule has 0 atom stereocenters. The van der Waals surface area contributed by atoms with Crippen LogP contribution in [0.2, 0.25) is 0 Å². The van der Waals surface area contributed by atoms with Crippen LogP contribution in [0.5, 0.6) is 0 Å². The third kappa shape index (κ3) is 2.22. The van der Waals surface area contributed by atoms with Crippen molar-refractivity contribution in [2.45, 2.75) is 18.5 Å². The van der Waals surface area contributed by atoms with Crippen LogP contribution >= 0.6 is 11.6 Å². The zero-order chi connectivity index (χ0) is 14.2. The van der Waals surface area contributed by atoms with Gasteiger partial charge in [-0.05, 0) is 12.1 Å². The molecule has 1 saturated heterocycles. The van der Waals surface area contributed by atoms with Gasteiger partial charge in [0.05, 0.1) is 5.56 Å². The Morgan fingerprint density at radius 2 is 1.95 bits per heavy atom. The number of anilines is 1. The number of benzene rings is 1. The van der Waals surface area contributed by atoms with Gasteiger partial charge in [-0.15, -0.1) is 11.6 Å². The number of piperidine rings is 1. The molecular weight excluding hydrogens is 278 g/mol. The number of rotatable bonds is 1. The summed E-state index contributed by atoms with van der Waals surface area (Å²) < 4.78 is 0. The van der Waals surface area contributed by atoms with Crippen LogP contribution in [0, 0.1) is 0 Å². The highest BCUT2D eigenvalue weighted by Crippen LogP contribution is 2.31. The fourth-order valence-corrected chi connectivity index (χ4v) is 3.01. The number of amides is 2. The Balaban J connectivity index is 1.77. The summed E-state index contributed by atoms with van der Waals surface area (Å²) in [6, 6.07) is 7.47. The van der Waals surface area contributed by atoms with Gasteiger partial charge in [0.25, 0.3) is 5.91 Å². The lowest BCUT2D eigenvalue weighted by Gasteiger charge is -2.45. The third-order valence-electron chi connectivity index (χ3n) is 3.98. The number of likely N-dealkylation sites (tertiary alicyclic amines) is 1. The van der Waals surface area contributed by atoms with Crippen molar-refractivity contribution in [2.75, 3.05) is 24.3 Å². The van der Waals surface area contributed by atoms with Crippen LogP contribution in [0.1, 0.15) is 23.2 Å². The molecule has 106 valence electrons. The van der Waals surface area contributed by atoms with E-state index in [4.69, 9.17) is 11.6 Å². The van der Waals surface area contributed by atoms with Gasteiger partial charge in [-0.2, -0.15) is 0 Å². The summed E-state index contributed by atoms with van der Waals surface area (Å²) in [7, 11) is 0. The summed E-state index contributed by atoms with van der Waals surface area (Å²) in [5.74, 6) is -0.101. The van der Waals surface area contributed by atoms with Gasteiger partial charge < -0.3 is 15.5 Å². The summed E-state index contributed by atoms with van der Waals surface area (Å²) in [6.07, 6.45) is 1.35. The molecule has 2 N–H and O–H groups in total. The molecule has 2 amide bonds. The van der Waals surface area contributed by atoms with Crippen molar-refractivity contribution >= 4 is 29.1 Å². The minimum Gasteiger partial charge on any atom is -0.362 e. The molecule has 1 spiro atoms. The van der Waals surface area contributed by atoms with Gasteiger partial charge in [0.2, 0.25) is 5.91 Å². The molecule has 0 radical (unpaired) electrons. The van der Waals surface area contributed by atoms with E-state index in [-0.39, 0.29) is 17.7 Å². The van der Waals surface area contributed by atoms with E-state index >= 15 is 0 Å². The predicted octanol–water partition coefficient (Wildman–Crippen LogP) is 1.40. The second-order valence-electron chi connectivity index (χ2n) is 5.22. The molecule has 0 saturated carbocycles. The van der Waals surface area contributed by atoms with Crippen molar-refractivity contribution in [2.24, 2.45) is 0 Å². The quantitative estimate of drug-likeness (QED) is 0.770. The van der Waals surface area contributed by atoms with Gasteiger partial charge in [0.15, 0.2) is 0 Å². The van der Waals surface area contributed by atoms with Crippen LogP contribution in [-0.4, -0.2) is 41.3 Å². The molecule has 0 aliphatic carbocycles. The first kappa shape index (κ1) is 13.2. The van der Waals surface area contributed by atoms with Gasteiger partial charge >= 0.3 is 0 Å². The minimum atomic E-state index is -0.450.